The predicted octanol–water partition coefficient (Wildman–Crippen LogP) is 0.590. The number of hydrazine groups is 1. The van der Waals surface area contributed by atoms with Gasteiger partial charge in [-0.05, 0) is 17.9 Å². The van der Waals surface area contributed by atoms with Gasteiger partial charge in [0.05, 0.1) is 0 Å². The monoisotopic (exact) mass is 311 g/mol. The molecule has 1 aromatic carbocycles. The van der Waals surface area contributed by atoms with E-state index in [0.29, 0.717) is 6.42 Å². The summed E-state index contributed by atoms with van der Waals surface area (Å²) in [5.74, 6) is 3.31. The number of nitrogens with two attached hydrogens (primary N) is 2. The average molecular weight is 311 g/mol. The van der Waals surface area contributed by atoms with Crippen molar-refractivity contribution in [3.05, 3.63) is 35.9 Å². The van der Waals surface area contributed by atoms with E-state index in [1.807, 2.05) is 44.2 Å². The minimum atomic E-state index is -0.939. The molecule has 1 rings (SSSR count). The van der Waals surface area contributed by atoms with Crippen molar-refractivity contribution in [3.8, 4) is 0 Å². The van der Waals surface area contributed by atoms with Crippen molar-refractivity contribution in [3.63, 3.8) is 0 Å². The van der Waals surface area contributed by atoms with Crippen molar-refractivity contribution in [2.24, 2.45) is 17.5 Å². The highest BCUT2D eigenvalue weighted by Crippen LogP contribution is 2.04. The summed E-state index contributed by atoms with van der Waals surface area (Å²) in [5.41, 5.74) is 8.47. The van der Waals surface area contributed by atoms with Crippen LogP contribution in [0, 0.1) is 5.92 Å². The Morgan fingerprint density at radius 2 is 1.73 bits per heavy atom. The minimum Gasteiger partial charge on any atom is -0.480 e. The van der Waals surface area contributed by atoms with Gasteiger partial charge in [-0.3, -0.25) is 15.4 Å². The highest BCUT2D eigenvalue weighted by molar-refractivity contribution is 5.74. The Balaban J connectivity index is 0.000000433. The van der Waals surface area contributed by atoms with E-state index in [9.17, 15) is 9.59 Å². The minimum absolute atomic E-state index is 0.0718. The van der Waals surface area contributed by atoms with E-state index in [0.717, 1.165) is 12.0 Å². The Labute approximate surface area is 130 Å². The third-order valence-corrected chi connectivity index (χ3v) is 3.32. The third kappa shape index (κ3) is 7.72. The Morgan fingerprint density at radius 1 is 1.18 bits per heavy atom. The van der Waals surface area contributed by atoms with Gasteiger partial charge in [0.15, 0.2) is 0 Å². The van der Waals surface area contributed by atoms with Crippen molar-refractivity contribution in [1.29, 1.82) is 0 Å². The molecule has 7 nitrogen and oxygen atoms in total. The first kappa shape index (κ1) is 20.0. The lowest BCUT2D eigenvalue weighted by molar-refractivity contribution is -0.140. The van der Waals surface area contributed by atoms with Crippen molar-refractivity contribution in [2.45, 2.75) is 38.8 Å². The molecular formula is C15H25N3O4. The molecule has 0 aliphatic carbocycles. The van der Waals surface area contributed by atoms with E-state index < -0.39 is 24.0 Å². The average Bonchev–Trinajstić information content (AvgIpc) is 2.52. The molecule has 0 aliphatic rings. The summed E-state index contributed by atoms with van der Waals surface area (Å²) in [6, 6.07) is 7.93. The van der Waals surface area contributed by atoms with Crippen LogP contribution in [0.25, 0.3) is 0 Å². The normalized spacial score (nSPS) is 14.2. The standard InChI is InChI=1S/C9H12N2O2.C6H13NO2/c10-11-8(9(12)13)6-7-4-2-1-3-5-7;1-3-4(2)5(7)6(8)9/h1-5,8,11H,6,10H2,(H,12,13);4-5H,3,7H2,1-2H3,(H,8,9)/t8-;4-,5-/m00/s1. The summed E-state index contributed by atoms with van der Waals surface area (Å²) >= 11 is 0. The van der Waals surface area contributed by atoms with Crippen molar-refractivity contribution < 1.29 is 19.8 Å². The second-order valence-corrected chi connectivity index (χ2v) is 5.00. The van der Waals surface area contributed by atoms with Crippen LogP contribution in [0.15, 0.2) is 30.3 Å². The van der Waals surface area contributed by atoms with Gasteiger partial charge in [0.25, 0.3) is 0 Å². The highest BCUT2D eigenvalue weighted by Gasteiger charge is 2.17. The number of hydrogen-bond donors (Lipinski definition) is 5. The zero-order valence-corrected chi connectivity index (χ0v) is 12.9. The maximum absolute atomic E-state index is 10.6. The van der Waals surface area contributed by atoms with Gasteiger partial charge in [-0.15, -0.1) is 0 Å². The lowest BCUT2D eigenvalue weighted by Crippen LogP contribution is -2.42. The largest absolute Gasteiger partial charge is 0.480 e. The maximum Gasteiger partial charge on any atom is 0.322 e. The third-order valence-electron chi connectivity index (χ3n) is 3.32. The molecule has 1 aromatic rings. The van der Waals surface area contributed by atoms with Crippen LogP contribution >= 0.6 is 0 Å². The summed E-state index contributed by atoms with van der Waals surface area (Å²) in [7, 11) is 0. The summed E-state index contributed by atoms with van der Waals surface area (Å²) in [5, 5.41) is 17.1. The van der Waals surface area contributed by atoms with E-state index in [4.69, 9.17) is 21.8 Å². The molecule has 7 heteroatoms. The Hall–Kier alpha value is -1.96. The fraction of sp³-hybridized carbons (Fsp3) is 0.467. The topological polar surface area (TPSA) is 139 Å². The second kappa shape index (κ2) is 10.7. The Kier molecular flexibility index (Phi) is 9.77. The maximum atomic E-state index is 10.6. The van der Waals surface area contributed by atoms with E-state index in [-0.39, 0.29) is 5.92 Å². The fourth-order valence-corrected chi connectivity index (χ4v) is 1.56. The van der Waals surface area contributed by atoms with Gasteiger partial charge in [-0.25, -0.2) is 5.43 Å². The van der Waals surface area contributed by atoms with Crippen LogP contribution in [0.4, 0.5) is 0 Å². The van der Waals surface area contributed by atoms with Crippen LogP contribution in [-0.2, 0) is 16.0 Å². The lowest BCUT2D eigenvalue weighted by Gasteiger charge is -2.11. The fourth-order valence-electron chi connectivity index (χ4n) is 1.56. The Morgan fingerprint density at radius 3 is 2.05 bits per heavy atom. The number of benzene rings is 1. The molecule has 0 radical (unpaired) electrons. The number of rotatable bonds is 7. The van der Waals surface area contributed by atoms with E-state index in [2.05, 4.69) is 5.43 Å². The number of carbonyl (C=O) groups is 2. The molecule has 0 aromatic heterocycles. The van der Waals surface area contributed by atoms with Gasteiger partial charge in [0, 0.05) is 0 Å². The molecule has 7 N–H and O–H groups in total. The Bertz CT molecular complexity index is 453. The SMILES string of the molecule is CC[C@H](C)[C@H](N)C(=O)O.NN[C@@H](Cc1ccccc1)C(=O)O. The first-order chi connectivity index (χ1) is 10.3. The van der Waals surface area contributed by atoms with Crippen molar-refractivity contribution >= 4 is 11.9 Å². The quantitative estimate of drug-likeness (QED) is 0.367. The van der Waals surface area contributed by atoms with Crippen LogP contribution < -0.4 is 17.0 Å². The van der Waals surface area contributed by atoms with Gasteiger partial charge in [0.2, 0.25) is 0 Å². The van der Waals surface area contributed by atoms with Gasteiger partial charge >= 0.3 is 11.9 Å². The molecule has 0 saturated carbocycles. The molecule has 0 amide bonds. The smallest absolute Gasteiger partial charge is 0.322 e. The molecule has 0 aliphatic heterocycles. The van der Waals surface area contributed by atoms with Crippen LogP contribution in [0.5, 0.6) is 0 Å². The number of aliphatic carboxylic acids is 2. The van der Waals surface area contributed by atoms with E-state index in [1.54, 1.807) is 0 Å². The molecule has 3 atom stereocenters. The van der Waals surface area contributed by atoms with Crippen molar-refractivity contribution in [2.75, 3.05) is 0 Å². The second-order valence-electron chi connectivity index (χ2n) is 5.00. The molecule has 0 heterocycles. The van der Waals surface area contributed by atoms with Crippen molar-refractivity contribution in [1.82, 2.24) is 5.43 Å². The van der Waals surface area contributed by atoms with E-state index >= 15 is 0 Å². The number of carboxylic acids is 2. The van der Waals surface area contributed by atoms with Crippen LogP contribution in [0.2, 0.25) is 0 Å². The van der Waals surface area contributed by atoms with Crippen LogP contribution in [-0.4, -0.2) is 34.2 Å². The summed E-state index contributed by atoms with van der Waals surface area (Å²) in [6.07, 6.45) is 1.21. The molecule has 0 bridgehead atoms. The van der Waals surface area contributed by atoms with Gasteiger partial charge < -0.3 is 15.9 Å². The van der Waals surface area contributed by atoms with Gasteiger partial charge in [0.1, 0.15) is 12.1 Å². The predicted molar refractivity (Wildman–Crippen MR) is 84.0 cm³/mol. The highest BCUT2D eigenvalue weighted by atomic mass is 16.4. The summed E-state index contributed by atoms with van der Waals surface area (Å²) < 4.78 is 0. The molecule has 0 fully saturated rings. The van der Waals surface area contributed by atoms with Crippen LogP contribution in [0.1, 0.15) is 25.8 Å². The first-order valence-corrected chi connectivity index (χ1v) is 7.04. The molecule has 0 unspecified atom stereocenters. The zero-order chi connectivity index (χ0) is 17.1. The molecule has 22 heavy (non-hydrogen) atoms. The van der Waals surface area contributed by atoms with Gasteiger partial charge in [-0.1, -0.05) is 50.6 Å². The zero-order valence-electron chi connectivity index (χ0n) is 12.9. The number of nitrogens with one attached hydrogen (secondary N) is 1. The lowest BCUT2D eigenvalue weighted by atomic mass is 10.0. The molecule has 124 valence electrons. The first-order valence-electron chi connectivity index (χ1n) is 7.04. The molecule has 0 saturated heterocycles. The van der Waals surface area contributed by atoms with Gasteiger partial charge in [-0.2, -0.15) is 0 Å². The molecule has 0 spiro atoms. The van der Waals surface area contributed by atoms with Crippen LogP contribution in [0.3, 0.4) is 0 Å². The molecular weight excluding hydrogens is 286 g/mol. The number of hydrogen-bond acceptors (Lipinski definition) is 5. The number of carboxylic acid groups (broad SMARTS) is 2. The summed E-state index contributed by atoms with van der Waals surface area (Å²) in [6.45, 7) is 3.76. The van der Waals surface area contributed by atoms with E-state index in [1.165, 1.54) is 0 Å². The summed E-state index contributed by atoms with van der Waals surface area (Å²) in [4.78, 5) is 20.8.